The van der Waals surface area contributed by atoms with Crippen LogP contribution in [0.5, 0.6) is 0 Å². The zero-order chi connectivity index (χ0) is 9.10. The highest BCUT2D eigenvalue weighted by Gasteiger charge is 2.26. The summed E-state index contributed by atoms with van der Waals surface area (Å²) in [6, 6.07) is 0. The van der Waals surface area contributed by atoms with E-state index in [1.165, 1.54) is 58.0 Å². The molecule has 0 aromatic rings. The lowest BCUT2D eigenvalue weighted by atomic mass is 9.85. The summed E-state index contributed by atoms with van der Waals surface area (Å²) in [4.78, 5) is 2.55. The van der Waals surface area contributed by atoms with Crippen molar-refractivity contribution < 1.29 is 0 Å². The van der Waals surface area contributed by atoms with Crippen molar-refractivity contribution in [3.05, 3.63) is 0 Å². The van der Waals surface area contributed by atoms with Crippen LogP contribution in [-0.2, 0) is 0 Å². The Balaban J connectivity index is 1.98. The van der Waals surface area contributed by atoms with E-state index in [1.54, 1.807) is 0 Å². The molecule has 1 aliphatic heterocycles. The zero-order valence-electron chi connectivity index (χ0n) is 8.97. The van der Waals surface area contributed by atoms with Gasteiger partial charge in [-0.3, -0.25) is 0 Å². The molecule has 1 nitrogen and oxygen atoms in total. The quantitative estimate of drug-likeness (QED) is 0.555. The summed E-state index contributed by atoms with van der Waals surface area (Å²) in [6.07, 6.45) is 10.5. The van der Waals surface area contributed by atoms with Gasteiger partial charge in [-0.1, -0.05) is 25.7 Å². The lowest BCUT2D eigenvalue weighted by Gasteiger charge is -2.24. The minimum atomic E-state index is 1.04. The minimum Gasteiger partial charge on any atom is -0.306 e. The molecule has 13 heavy (non-hydrogen) atoms. The molecule has 1 heteroatoms. The Bertz CT molecular complexity index is 155. The van der Waals surface area contributed by atoms with E-state index < -0.39 is 0 Å². The van der Waals surface area contributed by atoms with Crippen LogP contribution in [0.2, 0.25) is 0 Å². The van der Waals surface area contributed by atoms with Gasteiger partial charge in [-0.05, 0) is 44.7 Å². The molecule has 0 aromatic heterocycles. The lowest BCUT2D eigenvalue weighted by Crippen LogP contribution is -2.26. The van der Waals surface area contributed by atoms with E-state index in [9.17, 15) is 0 Å². The molecule has 0 bridgehead atoms. The maximum Gasteiger partial charge on any atom is 0.000925 e. The van der Waals surface area contributed by atoms with Gasteiger partial charge in [-0.15, -0.1) is 0 Å². The largest absolute Gasteiger partial charge is 0.306 e. The van der Waals surface area contributed by atoms with E-state index in [4.69, 9.17) is 0 Å². The second-order valence-corrected chi connectivity index (χ2v) is 5.06. The second kappa shape index (κ2) is 4.45. The summed E-state index contributed by atoms with van der Waals surface area (Å²) < 4.78 is 0. The van der Waals surface area contributed by atoms with Crippen molar-refractivity contribution in [3.8, 4) is 0 Å². The third kappa shape index (κ3) is 2.46. The Morgan fingerprint density at radius 1 is 0.846 bits per heavy atom. The Kier molecular flexibility index (Phi) is 3.26. The second-order valence-electron chi connectivity index (χ2n) is 5.06. The van der Waals surface area contributed by atoms with Crippen molar-refractivity contribution in [1.82, 2.24) is 4.90 Å². The topological polar surface area (TPSA) is 3.24 Å². The first-order valence-electron chi connectivity index (χ1n) is 6.05. The number of fused-ring (bicyclic) bond motifs is 1. The molecule has 2 aliphatic rings. The van der Waals surface area contributed by atoms with Gasteiger partial charge in [0.2, 0.25) is 0 Å². The van der Waals surface area contributed by atoms with Crippen LogP contribution in [0.15, 0.2) is 0 Å². The molecule has 2 rings (SSSR count). The van der Waals surface area contributed by atoms with E-state index in [1.807, 2.05) is 0 Å². The molecular weight excluding hydrogens is 158 g/mol. The summed E-state index contributed by atoms with van der Waals surface area (Å²) in [5.41, 5.74) is 0. The molecule has 1 aliphatic carbocycles. The fourth-order valence-corrected chi connectivity index (χ4v) is 3.20. The molecule has 1 saturated heterocycles. The van der Waals surface area contributed by atoms with E-state index in [2.05, 4.69) is 11.9 Å². The first kappa shape index (κ1) is 9.51. The van der Waals surface area contributed by atoms with Crippen LogP contribution >= 0.6 is 0 Å². The average Bonchev–Trinajstić information content (AvgIpc) is 2.38. The molecule has 1 heterocycles. The summed E-state index contributed by atoms with van der Waals surface area (Å²) >= 11 is 0. The van der Waals surface area contributed by atoms with Crippen LogP contribution in [0.3, 0.4) is 0 Å². The van der Waals surface area contributed by atoms with Crippen LogP contribution in [0.4, 0.5) is 0 Å². The van der Waals surface area contributed by atoms with E-state index >= 15 is 0 Å². The summed E-state index contributed by atoms with van der Waals surface area (Å²) in [7, 11) is 2.30. The highest BCUT2D eigenvalue weighted by Crippen LogP contribution is 2.34. The van der Waals surface area contributed by atoms with Crippen molar-refractivity contribution in [2.45, 2.75) is 44.9 Å². The van der Waals surface area contributed by atoms with Gasteiger partial charge in [0.1, 0.15) is 0 Å². The SMILES string of the molecule is CN1CCCC2CCCCC[C@@H]2C1. The summed E-state index contributed by atoms with van der Waals surface area (Å²) in [5.74, 6) is 2.11. The summed E-state index contributed by atoms with van der Waals surface area (Å²) in [5, 5.41) is 0. The molecule has 0 aromatic carbocycles. The highest BCUT2D eigenvalue weighted by atomic mass is 15.1. The van der Waals surface area contributed by atoms with Crippen LogP contribution in [0.1, 0.15) is 44.9 Å². The Morgan fingerprint density at radius 3 is 2.38 bits per heavy atom. The number of hydrogen-bond acceptors (Lipinski definition) is 1. The van der Waals surface area contributed by atoms with Crippen molar-refractivity contribution in [2.24, 2.45) is 11.8 Å². The van der Waals surface area contributed by atoms with Gasteiger partial charge in [-0.25, -0.2) is 0 Å². The maximum absolute atomic E-state index is 2.55. The van der Waals surface area contributed by atoms with Gasteiger partial charge in [-0.2, -0.15) is 0 Å². The van der Waals surface area contributed by atoms with E-state index in [-0.39, 0.29) is 0 Å². The lowest BCUT2D eigenvalue weighted by molar-refractivity contribution is 0.246. The minimum absolute atomic E-state index is 1.04. The number of likely N-dealkylation sites (tertiary alicyclic amines) is 1. The molecule has 2 atom stereocenters. The molecule has 1 saturated carbocycles. The standard InChI is InChI=1S/C12H23N/c1-13-9-5-8-11-6-3-2-4-7-12(11)10-13/h11-12H,2-10H2,1H3/t11?,12-/m1/s1. The molecule has 1 unspecified atom stereocenters. The van der Waals surface area contributed by atoms with Gasteiger partial charge < -0.3 is 4.90 Å². The van der Waals surface area contributed by atoms with Crippen molar-refractivity contribution >= 4 is 0 Å². The first-order valence-corrected chi connectivity index (χ1v) is 6.05. The third-order valence-electron chi connectivity index (χ3n) is 3.98. The van der Waals surface area contributed by atoms with Gasteiger partial charge in [0.15, 0.2) is 0 Å². The van der Waals surface area contributed by atoms with Crippen molar-refractivity contribution in [1.29, 1.82) is 0 Å². The molecule has 0 amide bonds. The molecule has 0 radical (unpaired) electrons. The normalized spacial score (nSPS) is 37.6. The Hall–Kier alpha value is -0.0400. The van der Waals surface area contributed by atoms with Gasteiger partial charge in [0.05, 0.1) is 0 Å². The molecule has 0 spiro atoms. The zero-order valence-corrected chi connectivity index (χ0v) is 8.97. The van der Waals surface area contributed by atoms with Crippen molar-refractivity contribution in [3.63, 3.8) is 0 Å². The van der Waals surface area contributed by atoms with E-state index in [0.717, 1.165) is 11.8 Å². The maximum atomic E-state index is 2.55. The Morgan fingerprint density at radius 2 is 1.54 bits per heavy atom. The number of hydrogen-bond donors (Lipinski definition) is 0. The predicted molar refractivity (Wildman–Crippen MR) is 56.8 cm³/mol. The molecular formula is C12H23N. The van der Waals surface area contributed by atoms with E-state index in [0.29, 0.717) is 0 Å². The third-order valence-corrected chi connectivity index (χ3v) is 3.98. The first-order chi connectivity index (χ1) is 6.36. The average molecular weight is 181 g/mol. The molecule has 76 valence electrons. The van der Waals surface area contributed by atoms with Crippen molar-refractivity contribution in [2.75, 3.05) is 20.1 Å². The number of rotatable bonds is 0. The predicted octanol–water partition coefficient (Wildman–Crippen LogP) is 2.91. The van der Waals surface area contributed by atoms with Gasteiger partial charge >= 0.3 is 0 Å². The van der Waals surface area contributed by atoms with Crippen LogP contribution in [0, 0.1) is 11.8 Å². The monoisotopic (exact) mass is 181 g/mol. The Labute approximate surface area is 82.5 Å². The fourth-order valence-electron chi connectivity index (χ4n) is 3.20. The smallest absolute Gasteiger partial charge is 0.000925 e. The number of nitrogens with zero attached hydrogens (tertiary/aromatic N) is 1. The highest BCUT2D eigenvalue weighted by molar-refractivity contribution is 4.79. The van der Waals surface area contributed by atoms with Gasteiger partial charge in [0.25, 0.3) is 0 Å². The van der Waals surface area contributed by atoms with Crippen LogP contribution in [0.25, 0.3) is 0 Å². The van der Waals surface area contributed by atoms with Gasteiger partial charge in [0, 0.05) is 6.54 Å². The molecule has 0 N–H and O–H groups in total. The molecule has 2 fully saturated rings. The summed E-state index contributed by atoms with van der Waals surface area (Å²) in [6.45, 7) is 2.72. The van der Waals surface area contributed by atoms with Crippen LogP contribution in [-0.4, -0.2) is 25.0 Å². The fraction of sp³-hybridized carbons (Fsp3) is 1.00. The van der Waals surface area contributed by atoms with Crippen LogP contribution < -0.4 is 0 Å².